The number of nitrogens with one attached hydrogen (secondary N) is 1. The Balaban J connectivity index is 2.41. The van der Waals surface area contributed by atoms with E-state index < -0.39 is 0 Å². The van der Waals surface area contributed by atoms with Crippen LogP contribution in [-0.4, -0.2) is 0 Å². The van der Waals surface area contributed by atoms with Crippen molar-refractivity contribution in [2.24, 2.45) is 0 Å². The third-order valence-electron chi connectivity index (χ3n) is 1.59. The van der Waals surface area contributed by atoms with Crippen molar-refractivity contribution in [2.45, 2.75) is 6.54 Å². The Morgan fingerprint density at radius 1 is 1.30 bits per heavy atom. The van der Waals surface area contributed by atoms with E-state index in [0.717, 1.165) is 6.54 Å². The summed E-state index contributed by atoms with van der Waals surface area (Å²) in [5.74, 6) is 2.14. The Kier molecular flexibility index (Phi) is 1.65. The van der Waals surface area contributed by atoms with Crippen molar-refractivity contribution in [3.05, 3.63) is 41.1 Å². The van der Waals surface area contributed by atoms with E-state index in [0.29, 0.717) is 0 Å². The van der Waals surface area contributed by atoms with Gasteiger partial charge in [-0.3, -0.25) is 4.72 Å². The Labute approximate surface area is 65.0 Å². The molecule has 2 rings (SSSR count). The molecule has 1 aromatic rings. The van der Waals surface area contributed by atoms with Crippen molar-refractivity contribution >= 4 is 11.9 Å². The minimum atomic E-state index is 0.983. The van der Waals surface area contributed by atoms with Crippen molar-refractivity contribution in [1.29, 1.82) is 0 Å². The summed E-state index contributed by atoms with van der Waals surface area (Å²) in [7, 11) is 0. The molecule has 0 aliphatic carbocycles. The predicted octanol–water partition coefficient (Wildman–Crippen LogP) is 1.95. The van der Waals surface area contributed by atoms with Gasteiger partial charge in [0.2, 0.25) is 0 Å². The first kappa shape index (κ1) is 6.25. The molecule has 0 unspecified atom stereocenters. The molecule has 0 atom stereocenters. The van der Waals surface area contributed by atoms with Crippen LogP contribution in [0.4, 0.5) is 0 Å². The summed E-state index contributed by atoms with van der Waals surface area (Å²) >= 11 is 1.66. The van der Waals surface area contributed by atoms with Crippen LogP contribution in [0.15, 0.2) is 24.3 Å². The van der Waals surface area contributed by atoms with Gasteiger partial charge in [-0.15, -0.1) is 0 Å². The normalized spacial score (nSPS) is 16.4. The fraction of sp³-hybridized carbons (Fsp3) is 0.125. The van der Waals surface area contributed by atoms with Crippen LogP contribution >= 0.6 is 11.9 Å². The smallest absolute Gasteiger partial charge is 0.0618 e. The fourth-order valence-electron chi connectivity index (χ4n) is 1.03. The van der Waals surface area contributed by atoms with Gasteiger partial charge in [0.05, 0.1) is 5.75 Å². The zero-order chi connectivity index (χ0) is 6.81. The van der Waals surface area contributed by atoms with Crippen molar-refractivity contribution in [3.63, 3.8) is 0 Å². The molecule has 0 amide bonds. The largest absolute Gasteiger partial charge is 0.259 e. The van der Waals surface area contributed by atoms with E-state index in [1.165, 1.54) is 11.1 Å². The standard InChI is InChI=1S/C8H8NS/c1-2-4-8-6-10-9-5-7(8)3-1/h1-4,6,9H,5H2. The van der Waals surface area contributed by atoms with Gasteiger partial charge in [-0.2, -0.15) is 0 Å². The van der Waals surface area contributed by atoms with Crippen LogP contribution in [0.2, 0.25) is 0 Å². The quantitative estimate of drug-likeness (QED) is 0.567. The molecule has 1 aliphatic heterocycles. The molecule has 51 valence electrons. The molecule has 1 nitrogen and oxygen atoms in total. The fourth-order valence-corrected chi connectivity index (χ4v) is 1.71. The molecule has 1 heterocycles. The average Bonchev–Trinajstić information content (AvgIpc) is 2.05. The molecular formula is C8H8NS. The molecule has 1 radical (unpaired) electrons. The highest BCUT2D eigenvalue weighted by Gasteiger charge is 2.06. The molecule has 0 saturated heterocycles. The first-order chi connectivity index (χ1) is 4.97. The molecule has 0 bridgehead atoms. The first-order valence-corrected chi connectivity index (χ1v) is 4.14. The second kappa shape index (κ2) is 2.64. The highest BCUT2D eigenvalue weighted by molar-refractivity contribution is 7.99. The van der Waals surface area contributed by atoms with Crippen molar-refractivity contribution in [3.8, 4) is 0 Å². The van der Waals surface area contributed by atoms with Crippen LogP contribution in [0.5, 0.6) is 0 Å². The lowest BCUT2D eigenvalue weighted by atomic mass is 10.1. The van der Waals surface area contributed by atoms with Gasteiger partial charge in [0.1, 0.15) is 0 Å². The maximum absolute atomic E-state index is 3.20. The monoisotopic (exact) mass is 150 g/mol. The maximum atomic E-state index is 3.20. The molecule has 2 heteroatoms. The third kappa shape index (κ3) is 1.04. The van der Waals surface area contributed by atoms with E-state index in [1.54, 1.807) is 11.9 Å². The average molecular weight is 150 g/mol. The lowest BCUT2D eigenvalue weighted by molar-refractivity contribution is 0.958. The minimum absolute atomic E-state index is 0.983. The van der Waals surface area contributed by atoms with Crippen LogP contribution in [0.3, 0.4) is 0 Å². The summed E-state index contributed by atoms with van der Waals surface area (Å²) in [5, 5.41) is 0. The molecule has 0 spiro atoms. The number of fused-ring (bicyclic) bond motifs is 1. The molecule has 0 saturated carbocycles. The number of rotatable bonds is 0. The van der Waals surface area contributed by atoms with Gasteiger partial charge in [0.25, 0.3) is 0 Å². The van der Waals surface area contributed by atoms with Crippen LogP contribution in [0, 0.1) is 5.75 Å². The third-order valence-corrected chi connectivity index (χ3v) is 2.27. The van der Waals surface area contributed by atoms with Crippen molar-refractivity contribution < 1.29 is 0 Å². The number of hydrogen-bond acceptors (Lipinski definition) is 2. The van der Waals surface area contributed by atoms with E-state index in [1.807, 2.05) is 0 Å². The van der Waals surface area contributed by atoms with E-state index in [2.05, 4.69) is 34.7 Å². The number of benzene rings is 1. The van der Waals surface area contributed by atoms with E-state index >= 15 is 0 Å². The molecule has 1 aliphatic rings. The summed E-state index contributed by atoms with van der Waals surface area (Å²) in [5.41, 5.74) is 2.74. The van der Waals surface area contributed by atoms with Crippen molar-refractivity contribution in [2.75, 3.05) is 0 Å². The van der Waals surface area contributed by atoms with Gasteiger partial charge in [-0.05, 0) is 11.1 Å². The zero-order valence-corrected chi connectivity index (χ0v) is 6.32. The Hall–Kier alpha value is -0.470. The Morgan fingerprint density at radius 2 is 2.20 bits per heavy atom. The summed E-state index contributed by atoms with van der Waals surface area (Å²) in [6.07, 6.45) is 0. The Morgan fingerprint density at radius 3 is 3.10 bits per heavy atom. The van der Waals surface area contributed by atoms with E-state index in [4.69, 9.17) is 0 Å². The second-order valence-corrected chi connectivity index (χ2v) is 3.02. The van der Waals surface area contributed by atoms with Gasteiger partial charge >= 0.3 is 0 Å². The molecular weight excluding hydrogens is 142 g/mol. The lowest BCUT2D eigenvalue weighted by Crippen LogP contribution is -2.10. The van der Waals surface area contributed by atoms with Crippen LogP contribution < -0.4 is 4.72 Å². The molecule has 0 fully saturated rings. The van der Waals surface area contributed by atoms with Crippen molar-refractivity contribution in [1.82, 2.24) is 4.72 Å². The molecule has 1 aromatic carbocycles. The minimum Gasteiger partial charge on any atom is -0.259 e. The van der Waals surface area contributed by atoms with Gasteiger partial charge in [0.15, 0.2) is 0 Å². The molecule has 10 heavy (non-hydrogen) atoms. The zero-order valence-electron chi connectivity index (χ0n) is 5.50. The summed E-state index contributed by atoms with van der Waals surface area (Å²) in [4.78, 5) is 0. The van der Waals surface area contributed by atoms with Crippen LogP contribution in [-0.2, 0) is 6.54 Å². The highest BCUT2D eigenvalue weighted by atomic mass is 32.2. The highest BCUT2D eigenvalue weighted by Crippen LogP contribution is 2.21. The number of hydrogen-bond donors (Lipinski definition) is 1. The van der Waals surface area contributed by atoms with E-state index in [9.17, 15) is 0 Å². The summed E-state index contributed by atoms with van der Waals surface area (Å²) in [6, 6.07) is 8.44. The summed E-state index contributed by atoms with van der Waals surface area (Å²) < 4.78 is 3.20. The predicted molar refractivity (Wildman–Crippen MR) is 44.3 cm³/mol. The second-order valence-electron chi connectivity index (χ2n) is 2.26. The molecule has 1 N–H and O–H groups in total. The summed E-state index contributed by atoms with van der Waals surface area (Å²) in [6.45, 7) is 0.983. The lowest BCUT2D eigenvalue weighted by Gasteiger charge is -2.14. The van der Waals surface area contributed by atoms with Gasteiger partial charge < -0.3 is 0 Å². The van der Waals surface area contributed by atoms with Crippen LogP contribution in [0.1, 0.15) is 11.1 Å². The Bertz CT molecular complexity index is 209. The maximum Gasteiger partial charge on any atom is 0.0618 e. The SMILES string of the molecule is [CH]1SNCc2ccccc21. The van der Waals surface area contributed by atoms with Gasteiger partial charge in [-0.25, -0.2) is 0 Å². The van der Waals surface area contributed by atoms with Crippen LogP contribution in [0.25, 0.3) is 0 Å². The molecule has 0 aromatic heterocycles. The topological polar surface area (TPSA) is 12.0 Å². The van der Waals surface area contributed by atoms with Gasteiger partial charge in [-0.1, -0.05) is 36.2 Å². The first-order valence-electron chi connectivity index (χ1n) is 3.26. The van der Waals surface area contributed by atoms with E-state index in [-0.39, 0.29) is 0 Å². The van der Waals surface area contributed by atoms with Gasteiger partial charge in [0, 0.05) is 6.54 Å².